The van der Waals surface area contributed by atoms with Crippen molar-refractivity contribution < 1.29 is 13.2 Å². The summed E-state index contributed by atoms with van der Waals surface area (Å²) in [6.45, 7) is 0. The molecular weight excluding hydrogens is 318 g/mol. The Morgan fingerprint density at radius 1 is 1.00 bits per heavy atom. The number of amides is 1. The van der Waals surface area contributed by atoms with Crippen molar-refractivity contribution in [1.29, 1.82) is 0 Å². The predicted octanol–water partition coefficient (Wildman–Crippen LogP) is 0.458. The van der Waals surface area contributed by atoms with Crippen molar-refractivity contribution in [1.82, 2.24) is 5.43 Å². The van der Waals surface area contributed by atoms with Crippen LogP contribution in [-0.4, -0.2) is 19.4 Å². The molecule has 0 aliphatic heterocycles. The fraction of sp³-hybridized carbons (Fsp3) is 0. The lowest BCUT2D eigenvalue weighted by Gasteiger charge is -2.09. The molecule has 6 N–H and O–H groups in total. The van der Waals surface area contributed by atoms with E-state index in [2.05, 4.69) is 10.5 Å². The molecule has 2 rings (SSSR count). The lowest BCUT2D eigenvalue weighted by Crippen LogP contribution is -2.40. The minimum Gasteiger partial charge on any atom is -0.397 e. The van der Waals surface area contributed by atoms with Crippen LogP contribution in [0.25, 0.3) is 0 Å². The first-order chi connectivity index (χ1) is 11.0. The van der Waals surface area contributed by atoms with Crippen LogP contribution < -0.4 is 22.4 Å². The summed E-state index contributed by atoms with van der Waals surface area (Å²) in [5.41, 5.74) is 10.7. The van der Waals surface area contributed by atoms with E-state index in [0.717, 1.165) is 0 Å². The normalized spacial score (nSPS) is 11.8. The molecule has 0 aromatic heterocycles. The molecule has 0 aliphatic carbocycles. The zero-order valence-corrected chi connectivity index (χ0v) is 12.7. The molecule has 0 saturated heterocycles. The second-order valence-corrected chi connectivity index (χ2v) is 6.27. The lowest BCUT2D eigenvalue weighted by molar-refractivity contribution is -0.114. The number of para-hydroxylation sites is 2. The molecule has 120 valence electrons. The number of nitrogens with one attached hydrogen (secondary N) is 2. The van der Waals surface area contributed by atoms with Gasteiger partial charge < -0.3 is 5.73 Å². The maximum absolute atomic E-state index is 12.5. The smallest absolute Gasteiger partial charge is 0.297 e. The Morgan fingerprint density at radius 3 is 2.22 bits per heavy atom. The minimum absolute atomic E-state index is 0.0785. The Hall–Kier alpha value is -2.91. The highest BCUT2D eigenvalue weighted by Gasteiger charge is 2.29. The molecular formula is C14H15N5O3S. The Labute approximate surface area is 133 Å². The number of carbonyl (C=O) groups excluding carboxylic acids is 1. The first kappa shape index (κ1) is 16.5. The van der Waals surface area contributed by atoms with Gasteiger partial charge in [0.1, 0.15) is 0 Å². The van der Waals surface area contributed by atoms with Crippen molar-refractivity contribution in [2.75, 3.05) is 11.2 Å². The van der Waals surface area contributed by atoms with Crippen molar-refractivity contribution >= 4 is 32.2 Å². The number of carbonyl (C=O) groups is 1. The van der Waals surface area contributed by atoms with Crippen LogP contribution in [0.15, 0.2) is 64.6 Å². The molecule has 23 heavy (non-hydrogen) atoms. The van der Waals surface area contributed by atoms with E-state index in [9.17, 15) is 13.2 Å². The molecule has 9 heteroatoms. The highest BCUT2D eigenvalue weighted by molar-refractivity contribution is 8.08. The highest BCUT2D eigenvalue weighted by Crippen LogP contribution is 2.18. The average molecular weight is 333 g/mol. The predicted molar refractivity (Wildman–Crippen MR) is 87.9 cm³/mol. The quantitative estimate of drug-likeness (QED) is 0.161. The topological polar surface area (TPSA) is 140 Å². The van der Waals surface area contributed by atoms with E-state index < -0.39 is 20.8 Å². The van der Waals surface area contributed by atoms with Gasteiger partial charge in [-0.3, -0.25) is 15.6 Å². The summed E-state index contributed by atoms with van der Waals surface area (Å²) in [5.74, 6) is 4.00. The number of nitrogens with two attached hydrogens (primary N) is 2. The number of benzene rings is 2. The van der Waals surface area contributed by atoms with E-state index in [0.29, 0.717) is 11.4 Å². The number of rotatable bonds is 3. The van der Waals surface area contributed by atoms with Crippen molar-refractivity contribution in [3.63, 3.8) is 0 Å². The minimum atomic E-state index is -4.14. The van der Waals surface area contributed by atoms with Crippen molar-refractivity contribution in [3.8, 4) is 0 Å². The Bertz CT molecular complexity index is 835. The molecule has 0 heterocycles. The molecule has 0 aliphatic rings. The molecule has 8 nitrogen and oxygen atoms in total. The summed E-state index contributed by atoms with van der Waals surface area (Å²) in [6.07, 6.45) is 0. The van der Waals surface area contributed by atoms with Crippen LogP contribution >= 0.6 is 0 Å². The van der Waals surface area contributed by atoms with Crippen LogP contribution in [0, 0.1) is 0 Å². The molecule has 0 unspecified atom stereocenters. The van der Waals surface area contributed by atoms with E-state index in [4.69, 9.17) is 11.6 Å². The number of sulfone groups is 1. The average Bonchev–Trinajstić information content (AvgIpc) is 2.57. The highest BCUT2D eigenvalue weighted by atomic mass is 32.2. The fourth-order valence-corrected chi connectivity index (χ4v) is 2.92. The maximum atomic E-state index is 12.5. The van der Waals surface area contributed by atoms with E-state index in [1.807, 2.05) is 0 Å². The monoisotopic (exact) mass is 333 g/mol. The van der Waals surface area contributed by atoms with Gasteiger partial charge in [-0.05, 0) is 24.3 Å². The zero-order valence-electron chi connectivity index (χ0n) is 11.9. The first-order valence-corrected chi connectivity index (χ1v) is 7.94. The van der Waals surface area contributed by atoms with E-state index >= 15 is 0 Å². The van der Waals surface area contributed by atoms with Crippen LogP contribution in [0.5, 0.6) is 0 Å². The van der Waals surface area contributed by atoms with Gasteiger partial charge in [-0.1, -0.05) is 30.3 Å². The summed E-state index contributed by atoms with van der Waals surface area (Å²) in [4.78, 5) is 11.7. The summed E-state index contributed by atoms with van der Waals surface area (Å²) >= 11 is 0. The van der Waals surface area contributed by atoms with Gasteiger partial charge in [0, 0.05) is 0 Å². The lowest BCUT2D eigenvalue weighted by atomic mass is 10.3. The second kappa shape index (κ2) is 6.90. The number of anilines is 2. The van der Waals surface area contributed by atoms with Crippen molar-refractivity contribution in [2.24, 2.45) is 10.9 Å². The van der Waals surface area contributed by atoms with Gasteiger partial charge in [0.05, 0.1) is 16.3 Å². The van der Waals surface area contributed by atoms with Gasteiger partial charge >= 0.3 is 0 Å². The molecule has 2 aromatic carbocycles. The Morgan fingerprint density at radius 2 is 1.61 bits per heavy atom. The van der Waals surface area contributed by atoms with E-state index in [-0.39, 0.29) is 4.90 Å². The second-order valence-electron chi connectivity index (χ2n) is 4.41. The van der Waals surface area contributed by atoms with Crippen LogP contribution in [0.3, 0.4) is 0 Å². The summed E-state index contributed by atoms with van der Waals surface area (Å²) < 4.78 is 25.0. The van der Waals surface area contributed by atoms with Gasteiger partial charge in [-0.25, -0.2) is 14.3 Å². The van der Waals surface area contributed by atoms with Gasteiger partial charge in [-0.2, -0.15) is 5.10 Å². The summed E-state index contributed by atoms with van der Waals surface area (Å²) in [5, 5.41) is 2.91. The fourth-order valence-electron chi connectivity index (χ4n) is 1.72. The van der Waals surface area contributed by atoms with Crippen LogP contribution in [-0.2, 0) is 14.6 Å². The van der Waals surface area contributed by atoms with Gasteiger partial charge in [0.15, 0.2) is 0 Å². The SMILES string of the molecule is NNC(=O)/C(=N/Nc1ccccc1N)S(=O)(=O)c1ccccc1. The van der Waals surface area contributed by atoms with Crippen LogP contribution in [0.2, 0.25) is 0 Å². The first-order valence-electron chi connectivity index (χ1n) is 6.46. The number of hydrogen-bond acceptors (Lipinski definition) is 7. The summed E-state index contributed by atoms with van der Waals surface area (Å²) in [6, 6.07) is 14.0. The van der Waals surface area contributed by atoms with Gasteiger partial charge in [0.2, 0.25) is 14.9 Å². The summed E-state index contributed by atoms with van der Waals surface area (Å²) in [7, 11) is -4.14. The molecule has 2 aromatic rings. The van der Waals surface area contributed by atoms with Crippen molar-refractivity contribution in [3.05, 3.63) is 54.6 Å². The number of nitrogens with zero attached hydrogens (tertiary/aromatic N) is 1. The van der Waals surface area contributed by atoms with Crippen LogP contribution in [0.1, 0.15) is 0 Å². The molecule has 0 atom stereocenters. The third-order valence-corrected chi connectivity index (χ3v) is 4.55. The van der Waals surface area contributed by atoms with Gasteiger partial charge in [-0.15, -0.1) is 0 Å². The van der Waals surface area contributed by atoms with Gasteiger partial charge in [0.25, 0.3) is 5.91 Å². The number of hydrazine groups is 1. The third-order valence-electron chi connectivity index (χ3n) is 2.87. The number of nitrogen functional groups attached to an aromatic ring is 1. The largest absolute Gasteiger partial charge is 0.397 e. The van der Waals surface area contributed by atoms with Crippen molar-refractivity contribution in [2.45, 2.75) is 4.90 Å². The standard InChI is InChI=1S/C14H15N5O3S/c15-11-8-4-5-9-12(11)18-19-14(13(20)17-16)23(21,22)10-6-2-1-3-7-10/h1-9,18H,15-16H2,(H,17,20)/b19-14-. The molecule has 0 bridgehead atoms. The van der Waals surface area contributed by atoms with Crippen LogP contribution in [0.4, 0.5) is 11.4 Å². The molecule has 1 amide bonds. The maximum Gasteiger partial charge on any atom is 0.297 e. The van der Waals surface area contributed by atoms with E-state index in [1.54, 1.807) is 35.8 Å². The molecule has 0 saturated carbocycles. The molecule has 0 radical (unpaired) electrons. The molecule has 0 fully saturated rings. The Kier molecular flexibility index (Phi) is 4.94. The number of hydrogen-bond donors (Lipinski definition) is 4. The zero-order chi connectivity index (χ0) is 16.9. The third kappa shape index (κ3) is 3.65. The molecule has 0 spiro atoms. The van der Waals surface area contributed by atoms with E-state index in [1.165, 1.54) is 24.3 Å². The number of hydrazone groups is 1. The Balaban J connectivity index is 2.44.